The zero-order valence-corrected chi connectivity index (χ0v) is 12.1. The van der Waals surface area contributed by atoms with Crippen molar-refractivity contribution in [2.45, 2.75) is 23.4 Å². The summed E-state index contributed by atoms with van der Waals surface area (Å²) in [6, 6.07) is 2.81. The zero-order valence-electron chi connectivity index (χ0n) is 11.2. The molecule has 21 heavy (non-hydrogen) atoms. The molecule has 2 N–H and O–H groups in total. The van der Waals surface area contributed by atoms with Gasteiger partial charge < -0.3 is 10.6 Å². The van der Waals surface area contributed by atoms with Crippen LogP contribution >= 0.6 is 11.8 Å². The third-order valence-electron chi connectivity index (χ3n) is 3.18. The summed E-state index contributed by atoms with van der Waals surface area (Å²) in [4.78, 5) is 15.7. The Kier molecular flexibility index (Phi) is 5.46. The molecule has 1 atom stereocenters. The summed E-state index contributed by atoms with van der Waals surface area (Å²) in [5, 5.41) is 5.60. The average Bonchev–Trinajstić information content (AvgIpc) is 2.45. The van der Waals surface area contributed by atoms with Gasteiger partial charge in [-0.05, 0) is 44.0 Å². The Morgan fingerprint density at radius 1 is 1.52 bits per heavy atom. The molecule has 1 saturated heterocycles. The Morgan fingerprint density at radius 3 is 3.00 bits per heavy atom. The van der Waals surface area contributed by atoms with E-state index in [9.17, 15) is 18.0 Å². The number of aromatic nitrogens is 1. The van der Waals surface area contributed by atoms with Gasteiger partial charge in [-0.15, -0.1) is 0 Å². The summed E-state index contributed by atoms with van der Waals surface area (Å²) < 4.78 is 37.3. The molecule has 0 aromatic carbocycles. The maximum absolute atomic E-state index is 12.4. The highest BCUT2D eigenvalue weighted by Crippen LogP contribution is 2.37. The third-order valence-corrected chi connectivity index (χ3v) is 3.93. The summed E-state index contributed by atoms with van der Waals surface area (Å²) in [5.74, 6) is -0.196. The number of amides is 1. The quantitative estimate of drug-likeness (QED) is 0.837. The highest BCUT2D eigenvalue weighted by atomic mass is 32.2. The van der Waals surface area contributed by atoms with Crippen LogP contribution in [0.25, 0.3) is 0 Å². The standard InChI is InChI=1S/C13H16F3N3OS/c14-13(15,16)21-12-10(4-2-6-18-12)11(20)19-8-9-3-1-5-17-7-9/h2,4,6,9,17H,1,3,5,7-8H2,(H,19,20). The summed E-state index contributed by atoms with van der Waals surface area (Å²) in [7, 11) is 0. The monoisotopic (exact) mass is 319 g/mol. The number of nitrogens with zero attached hydrogens (tertiary/aromatic N) is 1. The Balaban J connectivity index is 1.98. The van der Waals surface area contributed by atoms with Crippen LogP contribution in [0.5, 0.6) is 0 Å². The maximum atomic E-state index is 12.4. The molecule has 1 aromatic heterocycles. The van der Waals surface area contributed by atoms with Gasteiger partial charge in [0.15, 0.2) is 0 Å². The summed E-state index contributed by atoms with van der Waals surface area (Å²) >= 11 is -0.367. The molecule has 0 bridgehead atoms. The first-order chi connectivity index (χ1) is 9.96. The number of rotatable bonds is 4. The van der Waals surface area contributed by atoms with E-state index >= 15 is 0 Å². The predicted octanol–water partition coefficient (Wildman–Crippen LogP) is 2.42. The van der Waals surface area contributed by atoms with E-state index in [4.69, 9.17) is 0 Å². The number of nitrogens with one attached hydrogen (secondary N) is 2. The van der Waals surface area contributed by atoms with Crippen LogP contribution in [-0.2, 0) is 0 Å². The molecule has 0 spiro atoms. The molecule has 1 amide bonds. The molecule has 1 unspecified atom stereocenters. The van der Waals surface area contributed by atoms with Gasteiger partial charge in [0.2, 0.25) is 0 Å². The van der Waals surface area contributed by atoms with E-state index in [1.54, 1.807) is 0 Å². The van der Waals surface area contributed by atoms with Crippen LogP contribution in [-0.4, -0.2) is 36.0 Å². The van der Waals surface area contributed by atoms with Crippen LogP contribution in [0.4, 0.5) is 13.2 Å². The van der Waals surface area contributed by atoms with Crippen molar-refractivity contribution >= 4 is 17.7 Å². The van der Waals surface area contributed by atoms with Crippen LogP contribution in [0.15, 0.2) is 23.4 Å². The molecular formula is C13H16F3N3OS. The molecule has 0 radical (unpaired) electrons. The Morgan fingerprint density at radius 2 is 2.33 bits per heavy atom. The van der Waals surface area contributed by atoms with Crippen molar-refractivity contribution in [2.75, 3.05) is 19.6 Å². The maximum Gasteiger partial charge on any atom is 0.447 e. The minimum atomic E-state index is -4.46. The SMILES string of the molecule is O=C(NCC1CCCNC1)c1cccnc1SC(F)(F)F. The smallest absolute Gasteiger partial charge is 0.352 e. The Hall–Kier alpha value is -1.28. The van der Waals surface area contributed by atoms with Gasteiger partial charge in [-0.25, -0.2) is 4.98 Å². The van der Waals surface area contributed by atoms with Gasteiger partial charge in [-0.1, -0.05) is 0 Å². The summed E-state index contributed by atoms with van der Waals surface area (Å²) in [6.07, 6.45) is 3.29. The van der Waals surface area contributed by atoms with Crippen molar-refractivity contribution in [1.29, 1.82) is 0 Å². The van der Waals surface area contributed by atoms with E-state index in [1.165, 1.54) is 18.3 Å². The number of carbonyl (C=O) groups excluding carboxylic acids is 1. The number of alkyl halides is 3. The summed E-state index contributed by atoms with van der Waals surface area (Å²) in [5.41, 5.74) is -4.50. The third kappa shape index (κ3) is 5.20. The number of pyridine rings is 1. The molecule has 8 heteroatoms. The van der Waals surface area contributed by atoms with Gasteiger partial charge in [0.25, 0.3) is 5.91 Å². The second-order valence-corrected chi connectivity index (χ2v) is 5.88. The fourth-order valence-corrected chi connectivity index (χ4v) is 2.79. The zero-order chi connectivity index (χ0) is 15.3. The number of piperidine rings is 1. The lowest BCUT2D eigenvalue weighted by molar-refractivity contribution is -0.0329. The lowest BCUT2D eigenvalue weighted by atomic mass is 10.00. The molecular weight excluding hydrogens is 303 g/mol. The first-order valence-electron chi connectivity index (χ1n) is 6.65. The summed E-state index contributed by atoms with van der Waals surface area (Å²) in [6.45, 7) is 2.24. The molecule has 2 rings (SSSR count). The molecule has 116 valence electrons. The van der Waals surface area contributed by atoms with E-state index in [0.717, 1.165) is 25.9 Å². The molecule has 1 aromatic rings. The number of thioether (sulfide) groups is 1. The second kappa shape index (κ2) is 7.13. The van der Waals surface area contributed by atoms with Crippen LogP contribution in [0.3, 0.4) is 0 Å². The second-order valence-electron chi connectivity index (χ2n) is 4.83. The van der Waals surface area contributed by atoms with Crippen LogP contribution in [0, 0.1) is 5.92 Å². The average molecular weight is 319 g/mol. The van der Waals surface area contributed by atoms with Crippen molar-refractivity contribution in [3.05, 3.63) is 23.9 Å². The topological polar surface area (TPSA) is 54.0 Å². The van der Waals surface area contributed by atoms with E-state index in [-0.39, 0.29) is 22.4 Å². The van der Waals surface area contributed by atoms with Gasteiger partial charge in [0.1, 0.15) is 5.03 Å². The Bertz CT molecular complexity index is 490. The van der Waals surface area contributed by atoms with Gasteiger partial charge in [0.05, 0.1) is 5.56 Å². The fraction of sp³-hybridized carbons (Fsp3) is 0.538. The molecule has 1 aliphatic heterocycles. The van der Waals surface area contributed by atoms with Gasteiger partial charge in [-0.3, -0.25) is 4.79 Å². The van der Waals surface area contributed by atoms with Crippen molar-refractivity contribution < 1.29 is 18.0 Å². The van der Waals surface area contributed by atoms with Gasteiger partial charge >= 0.3 is 5.51 Å². The predicted molar refractivity (Wildman–Crippen MR) is 74.1 cm³/mol. The van der Waals surface area contributed by atoms with Gasteiger partial charge in [-0.2, -0.15) is 13.2 Å². The first-order valence-corrected chi connectivity index (χ1v) is 7.47. The fourth-order valence-electron chi connectivity index (χ4n) is 2.19. The number of carbonyl (C=O) groups is 1. The van der Waals surface area contributed by atoms with Crippen molar-refractivity contribution in [3.8, 4) is 0 Å². The number of hydrogen-bond acceptors (Lipinski definition) is 4. The van der Waals surface area contributed by atoms with Crippen molar-refractivity contribution in [3.63, 3.8) is 0 Å². The van der Waals surface area contributed by atoms with E-state index in [0.29, 0.717) is 12.5 Å². The number of hydrogen-bond donors (Lipinski definition) is 2. The lowest BCUT2D eigenvalue weighted by Gasteiger charge is -2.23. The Labute approximate surface area is 124 Å². The van der Waals surface area contributed by atoms with Crippen LogP contribution in [0.2, 0.25) is 0 Å². The molecule has 1 aliphatic rings. The first kappa shape index (κ1) is 16.1. The normalized spacial score (nSPS) is 19.3. The van der Waals surface area contributed by atoms with Crippen molar-refractivity contribution in [1.82, 2.24) is 15.6 Å². The molecule has 0 saturated carbocycles. The van der Waals surface area contributed by atoms with Gasteiger partial charge in [0, 0.05) is 24.5 Å². The molecule has 1 fully saturated rings. The van der Waals surface area contributed by atoms with Crippen LogP contribution < -0.4 is 10.6 Å². The lowest BCUT2D eigenvalue weighted by Crippen LogP contribution is -2.38. The molecule has 0 aliphatic carbocycles. The van der Waals surface area contributed by atoms with E-state index in [2.05, 4.69) is 15.6 Å². The minimum absolute atomic E-state index is 0.0383. The number of halogens is 3. The molecule has 2 heterocycles. The van der Waals surface area contributed by atoms with E-state index < -0.39 is 11.4 Å². The highest BCUT2D eigenvalue weighted by Gasteiger charge is 2.32. The largest absolute Gasteiger partial charge is 0.447 e. The van der Waals surface area contributed by atoms with Crippen molar-refractivity contribution in [2.24, 2.45) is 5.92 Å². The minimum Gasteiger partial charge on any atom is -0.352 e. The molecule has 4 nitrogen and oxygen atoms in total. The highest BCUT2D eigenvalue weighted by molar-refractivity contribution is 8.00. The van der Waals surface area contributed by atoms with E-state index in [1.807, 2.05) is 0 Å². The van der Waals surface area contributed by atoms with Crippen LogP contribution in [0.1, 0.15) is 23.2 Å².